The lowest BCUT2D eigenvalue weighted by molar-refractivity contribution is -0.122. The quantitative estimate of drug-likeness (QED) is 0.449. The molecule has 0 fully saturated rings. The number of amides is 1. The second kappa shape index (κ2) is 7.93. The van der Waals surface area contributed by atoms with Gasteiger partial charge in [-0.15, -0.1) is 0 Å². The third kappa shape index (κ3) is 4.17. The lowest BCUT2D eigenvalue weighted by atomic mass is 9.90. The van der Waals surface area contributed by atoms with Gasteiger partial charge in [0.2, 0.25) is 11.8 Å². The number of hydrazone groups is 1. The molecular weight excluding hydrogens is 451 g/mol. The van der Waals surface area contributed by atoms with Crippen molar-refractivity contribution in [2.45, 2.75) is 25.3 Å². The van der Waals surface area contributed by atoms with E-state index in [2.05, 4.69) is 19.7 Å². The van der Waals surface area contributed by atoms with Crippen LogP contribution in [0.1, 0.15) is 25.3 Å². The molecule has 1 amide bonds. The maximum Gasteiger partial charge on any atom is 0.534 e. The zero-order chi connectivity index (χ0) is 23.1. The van der Waals surface area contributed by atoms with Crippen LogP contribution in [0.25, 0.3) is 22.6 Å². The fourth-order valence-corrected chi connectivity index (χ4v) is 3.71. The maximum atomic E-state index is 12.4. The summed E-state index contributed by atoms with van der Waals surface area (Å²) < 4.78 is 69.4. The highest BCUT2D eigenvalue weighted by atomic mass is 32.2. The highest BCUT2D eigenvalue weighted by Gasteiger charge is 2.48. The summed E-state index contributed by atoms with van der Waals surface area (Å²) in [6.07, 6.45) is 1.08. The van der Waals surface area contributed by atoms with Crippen LogP contribution in [-0.4, -0.2) is 30.5 Å². The largest absolute Gasteiger partial charge is 0.534 e. The second-order valence-electron chi connectivity index (χ2n) is 7.05. The van der Waals surface area contributed by atoms with E-state index < -0.39 is 21.4 Å². The molecule has 0 aliphatic carbocycles. The van der Waals surface area contributed by atoms with E-state index in [1.807, 2.05) is 13.0 Å². The highest BCUT2D eigenvalue weighted by molar-refractivity contribution is 7.88. The van der Waals surface area contributed by atoms with Crippen molar-refractivity contribution >= 4 is 32.8 Å². The normalized spacial score (nSPS) is 17.2. The number of oxazole rings is 1. The molecule has 0 spiro atoms. The summed E-state index contributed by atoms with van der Waals surface area (Å²) in [7, 11) is -5.75. The van der Waals surface area contributed by atoms with Gasteiger partial charge in [-0.3, -0.25) is 4.79 Å². The van der Waals surface area contributed by atoms with Crippen LogP contribution < -0.4 is 9.61 Å². The first-order valence-corrected chi connectivity index (χ1v) is 10.9. The summed E-state index contributed by atoms with van der Waals surface area (Å²) in [5, 5.41) is 4.17. The number of nitrogens with one attached hydrogen (secondary N) is 1. The third-order valence-corrected chi connectivity index (χ3v) is 5.87. The smallest absolute Gasteiger partial charge is 0.436 e. The van der Waals surface area contributed by atoms with Crippen molar-refractivity contribution < 1.29 is 35.0 Å². The zero-order valence-corrected chi connectivity index (χ0v) is 17.3. The molecule has 1 aliphatic heterocycles. The van der Waals surface area contributed by atoms with E-state index in [1.165, 1.54) is 12.1 Å². The Morgan fingerprint density at radius 1 is 1.16 bits per heavy atom. The Hall–Kier alpha value is -3.41. The Kier molecular flexibility index (Phi) is 5.41. The number of halogens is 3. The number of aromatic nitrogens is 1. The first-order valence-electron chi connectivity index (χ1n) is 9.46. The van der Waals surface area contributed by atoms with E-state index >= 15 is 0 Å². The molecule has 8 nitrogen and oxygen atoms in total. The first kappa shape index (κ1) is 21.8. The first-order chi connectivity index (χ1) is 15.1. The van der Waals surface area contributed by atoms with E-state index in [-0.39, 0.29) is 17.7 Å². The monoisotopic (exact) mass is 467 g/mol. The second-order valence-corrected chi connectivity index (χ2v) is 8.59. The van der Waals surface area contributed by atoms with Crippen molar-refractivity contribution in [3.63, 3.8) is 0 Å². The zero-order valence-electron chi connectivity index (χ0n) is 16.5. The van der Waals surface area contributed by atoms with Gasteiger partial charge < -0.3 is 8.60 Å². The minimum atomic E-state index is -5.75. The van der Waals surface area contributed by atoms with E-state index in [0.29, 0.717) is 23.1 Å². The summed E-state index contributed by atoms with van der Waals surface area (Å²) >= 11 is 0. The van der Waals surface area contributed by atoms with Gasteiger partial charge in [0, 0.05) is 23.5 Å². The van der Waals surface area contributed by atoms with Gasteiger partial charge in [-0.1, -0.05) is 13.0 Å². The standard InChI is InChI=1S/C20H16F3N3O5S/c1-2-11-10-17(27)25-26-18(11)13-5-8-15-16(9-13)30-19(24-15)12-3-6-14(7-4-12)31-32(28,29)20(21,22)23/h3-9,11H,2,10H2,1H3,(H,25,27). The molecule has 4 rings (SSSR count). The van der Waals surface area contributed by atoms with Crippen molar-refractivity contribution in [3.05, 3.63) is 48.0 Å². The Morgan fingerprint density at radius 3 is 2.50 bits per heavy atom. The third-order valence-electron chi connectivity index (χ3n) is 4.89. The molecule has 1 aliphatic rings. The summed E-state index contributed by atoms with van der Waals surface area (Å²) in [5.41, 5.74) is -0.132. The summed E-state index contributed by atoms with van der Waals surface area (Å²) in [5.74, 6) is -0.469. The highest BCUT2D eigenvalue weighted by Crippen LogP contribution is 2.30. The van der Waals surface area contributed by atoms with Gasteiger partial charge in [-0.25, -0.2) is 10.4 Å². The molecule has 12 heteroatoms. The Morgan fingerprint density at radius 2 is 1.84 bits per heavy atom. The maximum absolute atomic E-state index is 12.4. The van der Waals surface area contributed by atoms with Gasteiger partial charge in [-0.05, 0) is 42.8 Å². The predicted molar refractivity (Wildman–Crippen MR) is 108 cm³/mol. The van der Waals surface area contributed by atoms with E-state index in [9.17, 15) is 26.4 Å². The minimum absolute atomic E-state index is 0.0240. The number of benzene rings is 2. The molecule has 0 saturated carbocycles. The van der Waals surface area contributed by atoms with Crippen molar-refractivity contribution in [1.82, 2.24) is 10.4 Å². The van der Waals surface area contributed by atoms with E-state index in [0.717, 1.165) is 29.8 Å². The fraction of sp³-hybridized carbons (Fsp3) is 0.250. The molecule has 2 heterocycles. The molecular formula is C20H16F3N3O5S. The lowest BCUT2D eigenvalue weighted by Crippen LogP contribution is -2.33. The van der Waals surface area contributed by atoms with Gasteiger partial charge >= 0.3 is 15.6 Å². The van der Waals surface area contributed by atoms with Crippen molar-refractivity contribution in [2.75, 3.05) is 0 Å². The number of carbonyl (C=O) groups is 1. The Labute approximate surface area is 180 Å². The van der Waals surface area contributed by atoms with Crippen LogP contribution in [0.2, 0.25) is 0 Å². The average molecular weight is 467 g/mol. The molecule has 1 N–H and O–H groups in total. The van der Waals surface area contributed by atoms with Crippen molar-refractivity contribution in [1.29, 1.82) is 0 Å². The van der Waals surface area contributed by atoms with Gasteiger partial charge in [0.25, 0.3) is 0 Å². The molecule has 1 unspecified atom stereocenters. The molecule has 0 saturated heterocycles. The molecule has 2 aromatic carbocycles. The summed E-state index contributed by atoms with van der Waals surface area (Å²) in [6.45, 7) is 1.97. The van der Waals surface area contributed by atoms with Gasteiger partial charge in [-0.2, -0.15) is 26.7 Å². The molecule has 0 bridgehead atoms. The predicted octanol–water partition coefficient (Wildman–Crippen LogP) is 3.97. The van der Waals surface area contributed by atoms with Gasteiger partial charge in [0.1, 0.15) is 11.3 Å². The minimum Gasteiger partial charge on any atom is -0.436 e. The fourth-order valence-electron chi connectivity index (χ4n) is 3.25. The summed E-state index contributed by atoms with van der Waals surface area (Å²) in [6, 6.07) is 10.1. The lowest BCUT2D eigenvalue weighted by Gasteiger charge is -2.21. The number of fused-ring (bicyclic) bond motifs is 1. The van der Waals surface area contributed by atoms with Gasteiger partial charge in [0.15, 0.2) is 5.58 Å². The van der Waals surface area contributed by atoms with Crippen LogP contribution >= 0.6 is 0 Å². The Balaban J connectivity index is 1.60. The molecule has 1 atom stereocenters. The van der Waals surface area contributed by atoms with Gasteiger partial charge in [0.05, 0.1) is 5.71 Å². The average Bonchev–Trinajstić information content (AvgIpc) is 3.16. The molecule has 32 heavy (non-hydrogen) atoms. The molecule has 3 aromatic rings. The molecule has 1 aromatic heterocycles. The van der Waals surface area contributed by atoms with E-state index in [4.69, 9.17) is 4.42 Å². The van der Waals surface area contributed by atoms with Crippen LogP contribution in [-0.2, 0) is 14.9 Å². The number of nitrogens with zero attached hydrogens (tertiary/aromatic N) is 2. The van der Waals surface area contributed by atoms with Crippen LogP contribution in [0.5, 0.6) is 5.75 Å². The molecule has 168 valence electrons. The van der Waals surface area contributed by atoms with Crippen molar-refractivity contribution in [3.8, 4) is 17.2 Å². The molecule has 0 radical (unpaired) electrons. The van der Waals surface area contributed by atoms with E-state index in [1.54, 1.807) is 12.1 Å². The van der Waals surface area contributed by atoms with Crippen LogP contribution in [0.4, 0.5) is 13.2 Å². The number of alkyl halides is 3. The van der Waals surface area contributed by atoms with Crippen LogP contribution in [0, 0.1) is 5.92 Å². The topological polar surface area (TPSA) is 111 Å². The SMILES string of the molecule is CCC1CC(=O)NN=C1c1ccc2nc(-c3ccc(OS(=O)(=O)C(F)(F)F)cc3)oc2c1. The summed E-state index contributed by atoms with van der Waals surface area (Å²) in [4.78, 5) is 15.9. The van der Waals surface area contributed by atoms with Crippen LogP contribution in [0.15, 0.2) is 52.0 Å². The number of hydrogen-bond donors (Lipinski definition) is 1. The number of rotatable bonds is 5. The Bertz CT molecular complexity index is 1310. The van der Waals surface area contributed by atoms with Crippen molar-refractivity contribution in [2.24, 2.45) is 11.0 Å². The van der Waals surface area contributed by atoms with Crippen LogP contribution in [0.3, 0.4) is 0 Å². The number of hydrogen-bond acceptors (Lipinski definition) is 7. The number of carbonyl (C=O) groups excluding carboxylic acids is 1.